The lowest BCUT2D eigenvalue weighted by Gasteiger charge is -2.17. The van der Waals surface area contributed by atoms with E-state index in [1.165, 1.54) is 0 Å². The number of nitrogens with zero attached hydrogens (tertiary/aromatic N) is 2. The molecule has 0 heterocycles. The third-order valence-electron chi connectivity index (χ3n) is 2.33. The van der Waals surface area contributed by atoms with E-state index in [1.54, 1.807) is 19.2 Å². The maximum atomic E-state index is 8.82. The zero-order valence-corrected chi connectivity index (χ0v) is 9.60. The zero-order chi connectivity index (χ0) is 12.0. The normalized spacial score (nSPS) is 10.2. The number of nitriles is 1. The van der Waals surface area contributed by atoms with Crippen molar-refractivity contribution in [1.29, 1.82) is 5.26 Å². The topological polar surface area (TPSA) is 56.5 Å². The highest BCUT2D eigenvalue weighted by molar-refractivity contribution is 5.41. The summed E-state index contributed by atoms with van der Waals surface area (Å²) >= 11 is 0. The molecule has 16 heavy (non-hydrogen) atoms. The second kappa shape index (κ2) is 6.11. The van der Waals surface area contributed by atoms with Crippen LogP contribution in [0.5, 0.6) is 5.75 Å². The van der Waals surface area contributed by atoms with Gasteiger partial charge in [-0.25, -0.2) is 0 Å². The summed E-state index contributed by atoms with van der Waals surface area (Å²) in [4.78, 5) is 1.97. The quantitative estimate of drug-likeness (QED) is 0.804. The van der Waals surface area contributed by atoms with Gasteiger partial charge < -0.3 is 9.84 Å². The van der Waals surface area contributed by atoms with Crippen LogP contribution in [0.4, 0.5) is 0 Å². The molecular formula is C12H16N2O2. The Balaban J connectivity index is 2.87. The summed E-state index contributed by atoms with van der Waals surface area (Å²) in [7, 11) is 3.52. The molecule has 0 spiro atoms. The molecule has 0 atom stereocenters. The molecule has 0 amide bonds. The van der Waals surface area contributed by atoms with Gasteiger partial charge in [-0.3, -0.25) is 4.90 Å². The number of aliphatic hydroxyl groups is 1. The molecule has 0 unspecified atom stereocenters. The van der Waals surface area contributed by atoms with Crippen molar-refractivity contribution in [2.45, 2.75) is 6.54 Å². The maximum absolute atomic E-state index is 8.82. The average molecular weight is 220 g/mol. The molecular weight excluding hydrogens is 204 g/mol. The number of likely N-dealkylation sites (N-methyl/N-ethyl adjacent to an activating group) is 1. The summed E-state index contributed by atoms with van der Waals surface area (Å²) in [5, 5.41) is 17.6. The van der Waals surface area contributed by atoms with Gasteiger partial charge in [0.15, 0.2) is 0 Å². The second-order valence-electron chi connectivity index (χ2n) is 3.60. The van der Waals surface area contributed by atoms with Crippen LogP contribution in [0.1, 0.15) is 11.1 Å². The zero-order valence-electron chi connectivity index (χ0n) is 9.60. The second-order valence-corrected chi connectivity index (χ2v) is 3.60. The number of hydrogen-bond acceptors (Lipinski definition) is 4. The van der Waals surface area contributed by atoms with Gasteiger partial charge in [0.05, 0.1) is 25.3 Å². The SMILES string of the molecule is COc1ccc(C#N)cc1CN(C)CCO. The first kappa shape index (κ1) is 12.5. The molecule has 0 aromatic heterocycles. The number of benzene rings is 1. The average Bonchev–Trinajstić information content (AvgIpc) is 2.29. The maximum Gasteiger partial charge on any atom is 0.123 e. The summed E-state index contributed by atoms with van der Waals surface area (Å²) in [5.74, 6) is 0.767. The van der Waals surface area contributed by atoms with Gasteiger partial charge in [-0.15, -0.1) is 0 Å². The Kier molecular flexibility index (Phi) is 4.77. The van der Waals surface area contributed by atoms with Crippen molar-refractivity contribution < 1.29 is 9.84 Å². The van der Waals surface area contributed by atoms with Crippen LogP contribution in [-0.2, 0) is 6.54 Å². The molecule has 0 aliphatic carbocycles. The Morgan fingerprint density at radius 3 is 2.81 bits per heavy atom. The molecule has 0 aliphatic rings. The summed E-state index contributed by atoms with van der Waals surface area (Å²) < 4.78 is 5.23. The number of hydrogen-bond donors (Lipinski definition) is 1. The molecule has 0 bridgehead atoms. The number of ether oxygens (including phenoxy) is 1. The molecule has 0 saturated heterocycles. The van der Waals surface area contributed by atoms with Crippen molar-refractivity contribution in [3.63, 3.8) is 0 Å². The van der Waals surface area contributed by atoms with Crippen molar-refractivity contribution in [3.8, 4) is 11.8 Å². The molecule has 1 aromatic rings. The fourth-order valence-electron chi connectivity index (χ4n) is 1.51. The van der Waals surface area contributed by atoms with Crippen LogP contribution in [0.3, 0.4) is 0 Å². The fourth-order valence-corrected chi connectivity index (χ4v) is 1.51. The third kappa shape index (κ3) is 3.23. The highest BCUT2D eigenvalue weighted by Crippen LogP contribution is 2.20. The van der Waals surface area contributed by atoms with Gasteiger partial charge in [0.25, 0.3) is 0 Å². The first-order chi connectivity index (χ1) is 7.71. The van der Waals surface area contributed by atoms with E-state index >= 15 is 0 Å². The van der Waals surface area contributed by atoms with E-state index < -0.39 is 0 Å². The minimum absolute atomic E-state index is 0.122. The van der Waals surface area contributed by atoms with Gasteiger partial charge in [0, 0.05) is 18.7 Å². The molecule has 0 aliphatic heterocycles. The predicted octanol–water partition coefficient (Wildman–Crippen LogP) is 0.991. The summed E-state index contributed by atoms with van der Waals surface area (Å²) in [6, 6.07) is 7.44. The van der Waals surface area contributed by atoms with Crippen LogP contribution in [0.25, 0.3) is 0 Å². The standard InChI is InChI=1S/C12H16N2O2/c1-14(5-6-15)9-11-7-10(8-13)3-4-12(11)16-2/h3-4,7,15H,5-6,9H2,1-2H3. The molecule has 0 fully saturated rings. The largest absolute Gasteiger partial charge is 0.496 e. The van der Waals surface area contributed by atoms with Gasteiger partial charge in [-0.1, -0.05) is 0 Å². The smallest absolute Gasteiger partial charge is 0.123 e. The molecule has 0 radical (unpaired) electrons. The summed E-state index contributed by atoms with van der Waals surface area (Å²) in [5.41, 5.74) is 1.57. The van der Waals surface area contributed by atoms with Crippen LogP contribution in [-0.4, -0.2) is 37.3 Å². The van der Waals surface area contributed by atoms with Crippen LogP contribution < -0.4 is 4.74 Å². The number of methoxy groups -OCH3 is 1. The highest BCUT2D eigenvalue weighted by Gasteiger charge is 2.07. The Morgan fingerprint density at radius 1 is 1.50 bits per heavy atom. The Hall–Kier alpha value is -1.57. The monoisotopic (exact) mass is 220 g/mol. The van der Waals surface area contributed by atoms with E-state index in [0.717, 1.165) is 11.3 Å². The van der Waals surface area contributed by atoms with Crippen LogP contribution in [0.2, 0.25) is 0 Å². The van der Waals surface area contributed by atoms with Crippen molar-refractivity contribution >= 4 is 0 Å². The van der Waals surface area contributed by atoms with Gasteiger partial charge in [0.2, 0.25) is 0 Å². The van der Waals surface area contributed by atoms with E-state index in [9.17, 15) is 0 Å². The van der Waals surface area contributed by atoms with Crippen LogP contribution in [0, 0.1) is 11.3 Å². The fraction of sp³-hybridized carbons (Fsp3) is 0.417. The molecule has 86 valence electrons. The lowest BCUT2D eigenvalue weighted by atomic mass is 10.1. The van der Waals surface area contributed by atoms with E-state index in [4.69, 9.17) is 15.1 Å². The van der Waals surface area contributed by atoms with Crippen molar-refractivity contribution in [1.82, 2.24) is 4.90 Å². The molecule has 0 saturated carbocycles. The van der Waals surface area contributed by atoms with Crippen molar-refractivity contribution in [2.75, 3.05) is 27.3 Å². The van der Waals surface area contributed by atoms with Crippen LogP contribution in [0.15, 0.2) is 18.2 Å². The molecule has 1 aromatic carbocycles. The molecule has 1 N–H and O–H groups in total. The van der Waals surface area contributed by atoms with E-state index in [1.807, 2.05) is 18.0 Å². The van der Waals surface area contributed by atoms with E-state index in [0.29, 0.717) is 18.7 Å². The van der Waals surface area contributed by atoms with E-state index in [2.05, 4.69) is 6.07 Å². The number of rotatable bonds is 5. The lowest BCUT2D eigenvalue weighted by Crippen LogP contribution is -2.21. The van der Waals surface area contributed by atoms with Gasteiger partial charge in [-0.2, -0.15) is 5.26 Å². The molecule has 4 heteroatoms. The summed E-state index contributed by atoms with van der Waals surface area (Å²) in [6.45, 7) is 1.37. The summed E-state index contributed by atoms with van der Waals surface area (Å²) in [6.07, 6.45) is 0. The van der Waals surface area contributed by atoms with E-state index in [-0.39, 0.29) is 6.61 Å². The van der Waals surface area contributed by atoms with Gasteiger partial charge in [-0.05, 0) is 25.2 Å². The first-order valence-corrected chi connectivity index (χ1v) is 5.07. The predicted molar refractivity (Wildman–Crippen MR) is 61.1 cm³/mol. The molecule has 4 nitrogen and oxygen atoms in total. The first-order valence-electron chi connectivity index (χ1n) is 5.07. The Morgan fingerprint density at radius 2 is 2.25 bits per heavy atom. The van der Waals surface area contributed by atoms with Crippen LogP contribution >= 0.6 is 0 Å². The number of aliphatic hydroxyl groups excluding tert-OH is 1. The third-order valence-corrected chi connectivity index (χ3v) is 2.33. The minimum Gasteiger partial charge on any atom is -0.496 e. The van der Waals surface area contributed by atoms with Crippen molar-refractivity contribution in [3.05, 3.63) is 29.3 Å². The Bertz CT molecular complexity index is 385. The van der Waals surface area contributed by atoms with Gasteiger partial charge in [0.1, 0.15) is 5.75 Å². The highest BCUT2D eigenvalue weighted by atomic mass is 16.5. The molecule has 1 rings (SSSR count). The van der Waals surface area contributed by atoms with Crippen molar-refractivity contribution in [2.24, 2.45) is 0 Å². The Labute approximate surface area is 95.7 Å². The minimum atomic E-state index is 0.122. The lowest BCUT2D eigenvalue weighted by molar-refractivity contribution is 0.216. The van der Waals surface area contributed by atoms with Gasteiger partial charge >= 0.3 is 0 Å².